The molecule has 0 fully saturated rings. The maximum atomic E-state index is 5.56. The molecule has 0 aliphatic carbocycles. The minimum absolute atomic E-state index is 0.230. The van der Waals surface area contributed by atoms with Crippen molar-refractivity contribution >= 4 is 27.9 Å². The van der Waals surface area contributed by atoms with Crippen molar-refractivity contribution in [3.8, 4) is 45.4 Å². The Balaban J connectivity index is 1.34. The highest BCUT2D eigenvalue weighted by molar-refractivity contribution is 5.95. The average molecular weight is 477 g/mol. The molecule has 2 N–H and O–H groups in total. The van der Waals surface area contributed by atoms with Gasteiger partial charge in [-0.05, 0) is 42.0 Å². The molecule has 0 amide bonds. The summed E-state index contributed by atoms with van der Waals surface area (Å²) >= 11 is 0. The average Bonchev–Trinajstić information content (AvgIpc) is 3.65. The van der Waals surface area contributed by atoms with Gasteiger partial charge in [0.05, 0.1) is 23.1 Å². The fraction of sp³-hybridized carbons (Fsp3) is 0.115. The van der Waals surface area contributed by atoms with Gasteiger partial charge in [0, 0.05) is 37.6 Å². The van der Waals surface area contributed by atoms with Crippen LogP contribution in [0.4, 0.5) is 5.69 Å². The zero-order valence-corrected chi connectivity index (χ0v) is 19.5. The summed E-state index contributed by atoms with van der Waals surface area (Å²) in [6, 6.07) is 13.8. The number of aromatic amines is 2. The Labute approximate surface area is 205 Å². The van der Waals surface area contributed by atoms with Gasteiger partial charge in [0.2, 0.25) is 6.79 Å². The number of H-pyrrole nitrogens is 2. The van der Waals surface area contributed by atoms with E-state index in [0.717, 1.165) is 50.6 Å². The van der Waals surface area contributed by atoms with E-state index < -0.39 is 0 Å². The predicted octanol–water partition coefficient (Wildman–Crippen LogP) is 4.42. The molecule has 0 saturated carbocycles. The van der Waals surface area contributed by atoms with E-state index in [1.807, 2.05) is 67.8 Å². The lowest BCUT2D eigenvalue weighted by Gasteiger charge is -2.12. The molecule has 0 spiro atoms. The van der Waals surface area contributed by atoms with Gasteiger partial charge >= 0.3 is 0 Å². The van der Waals surface area contributed by atoms with Crippen LogP contribution in [0.5, 0.6) is 11.5 Å². The van der Waals surface area contributed by atoms with Gasteiger partial charge < -0.3 is 19.4 Å². The molecule has 0 saturated heterocycles. The molecule has 0 radical (unpaired) electrons. The molecule has 5 aromatic heterocycles. The molecular weight excluding hydrogens is 456 g/mol. The van der Waals surface area contributed by atoms with Gasteiger partial charge in [0.25, 0.3) is 0 Å². The zero-order chi connectivity index (χ0) is 24.2. The van der Waals surface area contributed by atoms with Crippen LogP contribution in [0.15, 0.2) is 61.1 Å². The summed E-state index contributed by atoms with van der Waals surface area (Å²) in [5.41, 5.74) is 8.17. The van der Waals surface area contributed by atoms with Crippen molar-refractivity contribution in [3.05, 3.63) is 61.1 Å². The maximum absolute atomic E-state index is 5.56. The fourth-order valence-corrected chi connectivity index (χ4v) is 4.36. The molecule has 176 valence electrons. The minimum Gasteiger partial charge on any atom is -0.454 e. The lowest BCUT2D eigenvalue weighted by molar-refractivity contribution is 0.174. The Morgan fingerprint density at radius 3 is 2.72 bits per heavy atom. The molecule has 36 heavy (non-hydrogen) atoms. The van der Waals surface area contributed by atoms with E-state index >= 15 is 0 Å². The van der Waals surface area contributed by atoms with Crippen molar-refractivity contribution in [2.24, 2.45) is 0 Å². The molecule has 1 aliphatic rings. The molecule has 6 aromatic rings. The fourth-order valence-electron chi connectivity index (χ4n) is 4.36. The molecule has 10 heteroatoms. The quantitative estimate of drug-likeness (QED) is 0.384. The molecule has 7 rings (SSSR count). The molecule has 1 aliphatic heterocycles. The number of imidazole rings is 1. The van der Waals surface area contributed by atoms with Crippen LogP contribution in [0.3, 0.4) is 0 Å². The van der Waals surface area contributed by atoms with Crippen molar-refractivity contribution in [1.82, 2.24) is 35.1 Å². The number of rotatable bonds is 4. The summed E-state index contributed by atoms with van der Waals surface area (Å²) in [5, 5.41) is 7.59. The summed E-state index contributed by atoms with van der Waals surface area (Å²) in [6.45, 7) is 0.230. The molecule has 0 unspecified atom stereocenters. The second kappa shape index (κ2) is 7.77. The SMILES string of the molecule is CN(C)c1cncc(-c2ccc3[nH]nc(-c4nc5c(-c6ccc7c(c6)OCO7)ccnc5[nH]4)c3n2)c1. The van der Waals surface area contributed by atoms with Crippen LogP contribution in [-0.2, 0) is 0 Å². The van der Waals surface area contributed by atoms with Crippen LogP contribution < -0.4 is 14.4 Å². The number of hydrogen-bond acceptors (Lipinski definition) is 8. The van der Waals surface area contributed by atoms with Crippen LogP contribution in [-0.4, -0.2) is 56.0 Å². The van der Waals surface area contributed by atoms with Crippen molar-refractivity contribution in [3.63, 3.8) is 0 Å². The lowest BCUT2D eigenvalue weighted by Crippen LogP contribution is -2.08. The second-order valence-corrected chi connectivity index (χ2v) is 8.70. The van der Waals surface area contributed by atoms with E-state index in [-0.39, 0.29) is 6.79 Å². The van der Waals surface area contributed by atoms with Gasteiger partial charge in [0.15, 0.2) is 28.7 Å². The highest BCUT2D eigenvalue weighted by atomic mass is 16.7. The van der Waals surface area contributed by atoms with Gasteiger partial charge in [-0.1, -0.05) is 6.07 Å². The summed E-state index contributed by atoms with van der Waals surface area (Å²) in [4.78, 5) is 24.0. The third-order valence-corrected chi connectivity index (χ3v) is 6.24. The number of anilines is 1. The van der Waals surface area contributed by atoms with E-state index in [1.165, 1.54) is 0 Å². The highest BCUT2D eigenvalue weighted by Crippen LogP contribution is 2.38. The largest absolute Gasteiger partial charge is 0.454 e. The van der Waals surface area contributed by atoms with E-state index in [2.05, 4.69) is 31.2 Å². The van der Waals surface area contributed by atoms with Gasteiger partial charge in [-0.25, -0.2) is 15.0 Å². The van der Waals surface area contributed by atoms with Crippen molar-refractivity contribution in [1.29, 1.82) is 0 Å². The van der Waals surface area contributed by atoms with Crippen LogP contribution in [0.25, 0.3) is 56.1 Å². The summed E-state index contributed by atoms with van der Waals surface area (Å²) in [7, 11) is 3.97. The predicted molar refractivity (Wildman–Crippen MR) is 136 cm³/mol. The Hall–Kier alpha value is -4.99. The summed E-state index contributed by atoms with van der Waals surface area (Å²) in [5.74, 6) is 2.04. The van der Waals surface area contributed by atoms with E-state index in [0.29, 0.717) is 22.7 Å². The number of fused-ring (bicyclic) bond motifs is 3. The Kier molecular flexibility index (Phi) is 4.40. The van der Waals surface area contributed by atoms with Crippen LogP contribution in [0.2, 0.25) is 0 Å². The van der Waals surface area contributed by atoms with Gasteiger partial charge in [0.1, 0.15) is 11.0 Å². The molecule has 10 nitrogen and oxygen atoms in total. The molecular formula is C26H20N8O2. The monoisotopic (exact) mass is 476 g/mol. The third kappa shape index (κ3) is 3.22. The molecule has 0 bridgehead atoms. The van der Waals surface area contributed by atoms with Gasteiger partial charge in [-0.15, -0.1) is 0 Å². The Bertz CT molecular complexity index is 1770. The molecule has 1 aromatic carbocycles. The number of pyridine rings is 3. The van der Waals surface area contributed by atoms with Gasteiger partial charge in [-0.3, -0.25) is 10.1 Å². The minimum atomic E-state index is 0.230. The standard InChI is InChI=1S/C26H20N8O2/c1-34(2)16-9-15(11-27-12-16)18-4-5-19-23(29-18)24(33-32-19)26-30-22-17(7-8-28-25(22)31-26)14-3-6-20-21(10-14)36-13-35-20/h3-12H,13H2,1-2H3,(H,32,33)(H,28,30,31). The zero-order valence-electron chi connectivity index (χ0n) is 19.5. The highest BCUT2D eigenvalue weighted by Gasteiger charge is 2.19. The molecule has 6 heterocycles. The number of nitrogens with zero attached hydrogens (tertiary/aromatic N) is 6. The van der Waals surface area contributed by atoms with E-state index in [4.69, 9.17) is 19.4 Å². The first-order valence-electron chi connectivity index (χ1n) is 11.4. The lowest BCUT2D eigenvalue weighted by atomic mass is 10.1. The van der Waals surface area contributed by atoms with Crippen molar-refractivity contribution < 1.29 is 9.47 Å². The Morgan fingerprint density at radius 1 is 0.889 bits per heavy atom. The Morgan fingerprint density at radius 2 is 1.81 bits per heavy atom. The topological polar surface area (TPSA) is 118 Å². The first-order valence-corrected chi connectivity index (χ1v) is 11.4. The summed E-state index contributed by atoms with van der Waals surface area (Å²) in [6.07, 6.45) is 5.39. The van der Waals surface area contributed by atoms with Gasteiger partial charge in [-0.2, -0.15) is 5.10 Å². The van der Waals surface area contributed by atoms with E-state index in [9.17, 15) is 0 Å². The first-order chi connectivity index (χ1) is 17.6. The number of nitrogens with one attached hydrogen (secondary N) is 2. The maximum Gasteiger partial charge on any atom is 0.231 e. The van der Waals surface area contributed by atoms with E-state index in [1.54, 1.807) is 6.20 Å². The van der Waals surface area contributed by atoms with Crippen molar-refractivity contribution in [2.75, 3.05) is 25.8 Å². The van der Waals surface area contributed by atoms with Crippen LogP contribution >= 0.6 is 0 Å². The first kappa shape index (κ1) is 20.4. The molecule has 0 atom stereocenters. The second-order valence-electron chi connectivity index (χ2n) is 8.70. The third-order valence-electron chi connectivity index (χ3n) is 6.24. The number of ether oxygens (including phenoxy) is 2. The van der Waals surface area contributed by atoms with Crippen LogP contribution in [0.1, 0.15) is 0 Å². The number of hydrogen-bond donors (Lipinski definition) is 2. The smallest absolute Gasteiger partial charge is 0.231 e. The number of aromatic nitrogens is 7. The summed E-state index contributed by atoms with van der Waals surface area (Å²) < 4.78 is 11.0. The van der Waals surface area contributed by atoms with Crippen LogP contribution in [0, 0.1) is 0 Å². The van der Waals surface area contributed by atoms with Crippen molar-refractivity contribution in [2.45, 2.75) is 0 Å². The normalized spacial score (nSPS) is 12.5. The number of benzene rings is 1.